The van der Waals surface area contributed by atoms with Crippen LogP contribution in [0.2, 0.25) is 0 Å². The highest BCUT2D eigenvalue weighted by molar-refractivity contribution is 7.99. The van der Waals surface area contributed by atoms with E-state index in [1.807, 2.05) is 6.07 Å². The first-order valence-corrected chi connectivity index (χ1v) is 4.40. The fourth-order valence-corrected chi connectivity index (χ4v) is 1.54. The summed E-state index contributed by atoms with van der Waals surface area (Å²) in [5.74, 6) is 0. The SMILES string of the molecule is Nc1cnccc1Sc1ncn[nH]1. The van der Waals surface area contributed by atoms with E-state index < -0.39 is 0 Å². The van der Waals surface area contributed by atoms with Crippen molar-refractivity contribution in [1.29, 1.82) is 0 Å². The van der Waals surface area contributed by atoms with Crippen LogP contribution in [0.3, 0.4) is 0 Å². The Balaban J connectivity index is 2.24. The van der Waals surface area contributed by atoms with Gasteiger partial charge in [-0.15, -0.1) is 0 Å². The average molecular weight is 193 g/mol. The van der Waals surface area contributed by atoms with E-state index in [0.29, 0.717) is 5.69 Å². The second-order valence-electron chi connectivity index (χ2n) is 2.31. The van der Waals surface area contributed by atoms with Crippen LogP contribution in [0.1, 0.15) is 0 Å². The van der Waals surface area contributed by atoms with Gasteiger partial charge in [0.15, 0.2) is 5.16 Å². The van der Waals surface area contributed by atoms with Gasteiger partial charge in [0, 0.05) is 11.1 Å². The first-order chi connectivity index (χ1) is 6.36. The van der Waals surface area contributed by atoms with Crippen LogP contribution in [-0.2, 0) is 0 Å². The third-order valence-corrected chi connectivity index (χ3v) is 2.39. The molecular formula is C7H7N5S. The van der Waals surface area contributed by atoms with Crippen molar-refractivity contribution in [2.24, 2.45) is 0 Å². The molecular weight excluding hydrogens is 186 g/mol. The molecule has 0 unspecified atom stereocenters. The molecule has 66 valence electrons. The van der Waals surface area contributed by atoms with E-state index >= 15 is 0 Å². The lowest BCUT2D eigenvalue weighted by Crippen LogP contribution is -1.89. The van der Waals surface area contributed by atoms with Crippen molar-refractivity contribution < 1.29 is 0 Å². The molecule has 0 aromatic carbocycles. The molecule has 3 N–H and O–H groups in total. The van der Waals surface area contributed by atoms with E-state index in [9.17, 15) is 0 Å². The zero-order valence-electron chi connectivity index (χ0n) is 6.64. The summed E-state index contributed by atoms with van der Waals surface area (Å²) >= 11 is 1.43. The quantitative estimate of drug-likeness (QED) is 0.741. The number of rotatable bonds is 2. The largest absolute Gasteiger partial charge is 0.397 e. The Morgan fingerprint density at radius 2 is 2.38 bits per heavy atom. The maximum atomic E-state index is 5.69. The Kier molecular flexibility index (Phi) is 2.13. The molecule has 0 radical (unpaired) electrons. The Labute approximate surface area is 78.8 Å². The Bertz CT molecular complexity index is 386. The molecule has 0 aliphatic carbocycles. The number of nitrogens with zero attached hydrogens (tertiary/aromatic N) is 3. The summed E-state index contributed by atoms with van der Waals surface area (Å²) < 4.78 is 0. The smallest absolute Gasteiger partial charge is 0.188 e. The predicted octanol–water partition coefficient (Wildman–Crippen LogP) is 0.933. The summed E-state index contributed by atoms with van der Waals surface area (Å²) in [6.45, 7) is 0. The molecule has 2 aromatic heterocycles. The number of aromatic amines is 1. The van der Waals surface area contributed by atoms with Crippen LogP contribution in [0.5, 0.6) is 0 Å². The number of hydrogen-bond donors (Lipinski definition) is 2. The first kappa shape index (κ1) is 8.06. The molecule has 0 aliphatic rings. The molecule has 0 atom stereocenters. The minimum Gasteiger partial charge on any atom is -0.397 e. The minimum absolute atomic E-state index is 0.643. The lowest BCUT2D eigenvalue weighted by molar-refractivity contribution is 0.973. The maximum absolute atomic E-state index is 5.69. The zero-order chi connectivity index (χ0) is 9.10. The van der Waals surface area contributed by atoms with Crippen LogP contribution in [-0.4, -0.2) is 20.2 Å². The molecule has 0 spiro atoms. The van der Waals surface area contributed by atoms with Gasteiger partial charge in [-0.25, -0.2) is 4.98 Å². The van der Waals surface area contributed by atoms with Crippen LogP contribution in [0.15, 0.2) is 34.8 Å². The van der Waals surface area contributed by atoms with Crippen molar-refractivity contribution in [3.05, 3.63) is 24.8 Å². The van der Waals surface area contributed by atoms with Gasteiger partial charge in [-0.05, 0) is 17.8 Å². The van der Waals surface area contributed by atoms with Gasteiger partial charge in [-0.3, -0.25) is 10.1 Å². The van der Waals surface area contributed by atoms with Crippen molar-refractivity contribution in [3.8, 4) is 0 Å². The molecule has 6 heteroatoms. The van der Waals surface area contributed by atoms with Gasteiger partial charge in [0.05, 0.1) is 11.9 Å². The monoisotopic (exact) mass is 193 g/mol. The van der Waals surface area contributed by atoms with Crippen molar-refractivity contribution >= 4 is 17.4 Å². The van der Waals surface area contributed by atoms with Crippen molar-refractivity contribution in [3.63, 3.8) is 0 Å². The van der Waals surface area contributed by atoms with Crippen molar-refractivity contribution in [1.82, 2.24) is 20.2 Å². The summed E-state index contributed by atoms with van der Waals surface area (Å²) in [7, 11) is 0. The third-order valence-electron chi connectivity index (χ3n) is 1.41. The van der Waals surface area contributed by atoms with Crippen LogP contribution >= 0.6 is 11.8 Å². The molecule has 0 amide bonds. The fourth-order valence-electron chi connectivity index (χ4n) is 0.834. The summed E-state index contributed by atoms with van der Waals surface area (Å²) in [5, 5.41) is 7.19. The maximum Gasteiger partial charge on any atom is 0.188 e. The average Bonchev–Trinajstić information content (AvgIpc) is 2.61. The number of pyridine rings is 1. The molecule has 13 heavy (non-hydrogen) atoms. The normalized spacial score (nSPS) is 10.2. The number of nitrogens with two attached hydrogens (primary N) is 1. The van der Waals surface area contributed by atoms with Gasteiger partial charge < -0.3 is 5.73 Å². The van der Waals surface area contributed by atoms with Gasteiger partial charge in [0.1, 0.15) is 6.33 Å². The summed E-state index contributed by atoms with van der Waals surface area (Å²) in [6.07, 6.45) is 4.76. The predicted molar refractivity (Wildman–Crippen MR) is 49.2 cm³/mol. The molecule has 5 nitrogen and oxygen atoms in total. The summed E-state index contributed by atoms with van der Waals surface area (Å²) in [5.41, 5.74) is 6.33. The van der Waals surface area contributed by atoms with E-state index in [-0.39, 0.29) is 0 Å². The van der Waals surface area contributed by atoms with Crippen LogP contribution in [0, 0.1) is 0 Å². The number of nitrogen functional groups attached to an aromatic ring is 1. The highest BCUT2D eigenvalue weighted by Crippen LogP contribution is 2.27. The number of anilines is 1. The molecule has 2 rings (SSSR count). The molecule has 0 fully saturated rings. The Morgan fingerprint density at radius 1 is 1.46 bits per heavy atom. The van der Waals surface area contributed by atoms with E-state index in [4.69, 9.17) is 5.73 Å². The number of H-pyrrole nitrogens is 1. The second kappa shape index (κ2) is 3.44. The van der Waals surface area contributed by atoms with E-state index in [1.54, 1.807) is 12.4 Å². The Morgan fingerprint density at radius 3 is 3.08 bits per heavy atom. The zero-order valence-corrected chi connectivity index (χ0v) is 7.45. The molecule has 0 bridgehead atoms. The lowest BCUT2D eigenvalue weighted by atomic mass is 10.4. The molecule has 0 aliphatic heterocycles. The molecule has 2 heterocycles. The number of hydrogen-bond acceptors (Lipinski definition) is 5. The lowest BCUT2D eigenvalue weighted by Gasteiger charge is -1.99. The highest BCUT2D eigenvalue weighted by atomic mass is 32.2. The topological polar surface area (TPSA) is 80.5 Å². The third kappa shape index (κ3) is 1.78. The van der Waals surface area contributed by atoms with Gasteiger partial charge >= 0.3 is 0 Å². The van der Waals surface area contributed by atoms with Crippen molar-refractivity contribution in [2.45, 2.75) is 10.1 Å². The standard InChI is InChI=1S/C7H7N5S/c8-5-3-9-2-1-6(5)13-7-10-4-11-12-7/h1-4H,8H2,(H,10,11,12). The first-order valence-electron chi connectivity index (χ1n) is 3.59. The van der Waals surface area contributed by atoms with Gasteiger partial charge in [-0.2, -0.15) is 5.10 Å². The van der Waals surface area contributed by atoms with Gasteiger partial charge in [-0.1, -0.05) is 0 Å². The summed E-state index contributed by atoms with van der Waals surface area (Å²) in [4.78, 5) is 8.79. The Hall–Kier alpha value is -1.56. The molecule has 0 saturated carbocycles. The van der Waals surface area contributed by atoms with E-state index in [2.05, 4.69) is 20.2 Å². The second-order valence-corrected chi connectivity index (χ2v) is 3.34. The number of nitrogens with one attached hydrogen (secondary N) is 1. The fraction of sp³-hybridized carbons (Fsp3) is 0. The number of aromatic nitrogens is 4. The molecule has 2 aromatic rings. The minimum atomic E-state index is 0.643. The molecule has 0 saturated heterocycles. The van der Waals surface area contributed by atoms with Crippen LogP contribution in [0.25, 0.3) is 0 Å². The van der Waals surface area contributed by atoms with Gasteiger partial charge in [0.25, 0.3) is 0 Å². The highest BCUT2D eigenvalue weighted by Gasteiger charge is 2.02. The van der Waals surface area contributed by atoms with Crippen LogP contribution in [0.4, 0.5) is 5.69 Å². The summed E-state index contributed by atoms with van der Waals surface area (Å²) in [6, 6.07) is 1.84. The van der Waals surface area contributed by atoms with Gasteiger partial charge in [0.2, 0.25) is 0 Å². The van der Waals surface area contributed by atoms with Crippen molar-refractivity contribution in [2.75, 3.05) is 5.73 Å². The van der Waals surface area contributed by atoms with E-state index in [0.717, 1.165) is 10.1 Å². The van der Waals surface area contributed by atoms with Crippen LogP contribution < -0.4 is 5.73 Å². The van der Waals surface area contributed by atoms with E-state index in [1.165, 1.54) is 18.1 Å².